The van der Waals surface area contributed by atoms with Crippen LogP contribution >= 0.6 is 0 Å². The third-order valence-corrected chi connectivity index (χ3v) is 3.95. The summed E-state index contributed by atoms with van der Waals surface area (Å²) in [6, 6.07) is 6.79. The zero-order chi connectivity index (χ0) is 13.9. The molecular weight excluding hydrogens is 238 g/mol. The van der Waals surface area contributed by atoms with Crippen LogP contribution < -0.4 is 10.1 Å². The molecule has 0 spiro atoms. The number of aliphatic hydroxyl groups is 1. The molecule has 2 atom stereocenters. The van der Waals surface area contributed by atoms with E-state index < -0.39 is 5.60 Å². The average molecular weight is 263 g/mol. The van der Waals surface area contributed by atoms with Crippen LogP contribution in [0.15, 0.2) is 18.2 Å². The molecule has 0 aliphatic heterocycles. The van der Waals surface area contributed by atoms with Gasteiger partial charge in [-0.3, -0.25) is 0 Å². The lowest BCUT2D eigenvalue weighted by Gasteiger charge is -2.21. The molecule has 2 rings (SSSR count). The number of nitrogens with one attached hydrogen (secondary N) is 1. The van der Waals surface area contributed by atoms with Crippen molar-refractivity contribution < 1.29 is 9.84 Å². The quantitative estimate of drug-likeness (QED) is 0.829. The van der Waals surface area contributed by atoms with E-state index in [1.165, 1.54) is 17.5 Å². The first-order chi connectivity index (χ1) is 9.05. The van der Waals surface area contributed by atoms with Crippen molar-refractivity contribution in [1.29, 1.82) is 0 Å². The van der Waals surface area contributed by atoms with Gasteiger partial charge in [0.15, 0.2) is 0 Å². The molecule has 1 aromatic rings. The summed E-state index contributed by atoms with van der Waals surface area (Å²) in [5.41, 5.74) is 2.03. The molecule has 3 heteroatoms. The van der Waals surface area contributed by atoms with Gasteiger partial charge in [0.1, 0.15) is 12.4 Å². The third-order valence-electron chi connectivity index (χ3n) is 3.95. The summed E-state index contributed by atoms with van der Waals surface area (Å²) in [5.74, 6) is 0.865. The Kier molecular flexibility index (Phi) is 4.48. The molecule has 3 nitrogen and oxygen atoms in total. The minimum Gasteiger partial charge on any atom is -0.491 e. The van der Waals surface area contributed by atoms with Crippen molar-refractivity contribution in [3.8, 4) is 5.75 Å². The van der Waals surface area contributed by atoms with Gasteiger partial charge in [-0.1, -0.05) is 19.9 Å². The molecule has 1 aliphatic rings. The second-order valence-corrected chi connectivity index (χ2v) is 5.65. The van der Waals surface area contributed by atoms with Gasteiger partial charge in [0, 0.05) is 6.04 Å². The first-order valence-electron chi connectivity index (χ1n) is 7.27. The molecule has 0 saturated carbocycles. The van der Waals surface area contributed by atoms with Gasteiger partial charge in [0.05, 0.1) is 5.60 Å². The summed E-state index contributed by atoms with van der Waals surface area (Å²) in [7, 11) is 0. The van der Waals surface area contributed by atoms with Gasteiger partial charge in [-0.2, -0.15) is 0 Å². The predicted octanol–water partition coefficient (Wildman–Crippen LogP) is 2.82. The van der Waals surface area contributed by atoms with Crippen molar-refractivity contribution in [1.82, 2.24) is 5.32 Å². The molecule has 0 amide bonds. The lowest BCUT2D eigenvalue weighted by molar-refractivity contribution is 0.00845. The first kappa shape index (κ1) is 14.4. The van der Waals surface area contributed by atoms with E-state index in [4.69, 9.17) is 4.74 Å². The van der Waals surface area contributed by atoms with Gasteiger partial charge in [-0.25, -0.2) is 0 Å². The van der Waals surface area contributed by atoms with Crippen LogP contribution in [0.4, 0.5) is 0 Å². The molecular formula is C16H25NO2. The van der Waals surface area contributed by atoms with Crippen LogP contribution in [0.2, 0.25) is 0 Å². The monoisotopic (exact) mass is 263 g/mol. The molecule has 2 N–H and O–H groups in total. The maximum Gasteiger partial charge on any atom is 0.119 e. The number of rotatable bonds is 6. The van der Waals surface area contributed by atoms with E-state index in [1.807, 2.05) is 19.9 Å². The highest BCUT2D eigenvalue weighted by molar-refractivity contribution is 5.40. The van der Waals surface area contributed by atoms with Gasteiger partial charge in [-0.05, 0) is 56.0 Å². The molecule has 19 heavy (non-hydrogen) atoms. The van der Waals surface area contributed by atoms with Crippen molar-refractivity contribution in [3.05, 3.63) is 29.3 Å². The number of fused-ring (bicyclic) bond motifs is 1. The minimum absolute atomic E-state index is 0.346. The number of aryl methyl sites for hydroxylation is 1. The molecule has 2 unspecified atom stereocenters. The SMILES string of the molecule is CCNC1CCc2cc(OCC(C)(O)CC)ccc21. The molecule has 0 aromatic heterocycles. The maximum absolute atomic E-state index is 9.95. The summed E-state index contributed by atoms with van der Waals surface area (Å²) >= 11 is 0. The lowest BCUT2D eigenvalue weighted by Crippen LogP contribution is -2.31. The number of hydrogen-bond donors (Lipinski definition) is 2. The van der Waals surface area contributed by atoms with Crippen molar-refractivity contribution in [2.45, 2.75) is 51.7 Å². The van der Waals surface area contributed by atoms with E-state index in [0.717, 1.165) is 18.7 Å². The van der Waals surface area contributed by atoms with Crippen molar-refractivity contribution in [2.24, 2.45) is 0 Å². The summed E-state index contributed by atoms with van der Waals surface area (Å²) in [6.45, 7) is 7.26. The van der Waals surface area contributed by atoms with Gasteiger partial charge < -0.3 is 15.2 Å². The van der Waals surface area contributed by atoms with E-state index in [-0.39, 0.29) is 0 Å². The Morgan fingerprint density at radius 2 is 2.21 bits per heavy atom. The summed E-state index contributed by atoms with van der Waals surface area (Å²) < 4.78 is 5.71. The van der Waals surface area contributed by atoms with Crippen LogP contribution in [0.1, 0.15) is 50.8 Å². The largest absolute Gasteiger partial charge is 0.491 e. The van der Waals surface area contributed by atoms with Gasteiger partial charge in [0.2, 0.25) is 0 Å². The van der Waals surface area contributed by atoms with E-state index in [2.05, 4.69) is 24.4 Å². The Hall–Kier alpha value is -1.06. The normalized spacial score (nSPS) is 20.9. The van der Waals surface area contributed by atoms with Gasteiger partial charge in [-0.15, -0.1) is 0 Å². The Labute approximate surface area is 116 Å². The Morgan fingerprint density at radius 3 is 2.89 bits per heavy atom. The fourth-order valence-electron chi connectivity index (χ4n) is 2.48. The summed E-state index contributed by atoms with van der Waals surface area (Å²) in [5, 5.41) is 13.5. The van der Waals surface area contributed by atoms with Crippen LogP contribution in [0.3, 0.4) is 0 Å². The molecule has 0 bridgehead atoms. The summed E-state index contributed by atoms with van der Waals surface area (Å²) in [6.07, 6.45) is 2.97. The Balaban J connectivity index is 2.02. The summed E-state index contributed by atoms with van der Waals surface area (Å²) in [4.78, 5) is 0. The minimum atomic E-state index is -0.745. The fourth-order valence-corrected chi connectivity index (χ4v) is 2.48. The number of ether oxygens (including phenoxy) is 1. The lowest BCUT2D eigenvalue weighted by atomic mass is 10.1. The molecule has 1 aliphatic carbocycles. The first-order valence-corrected chi connectivity index (χ1v) is 7.27. The van der Waals surface area contributed by atoms with Crippen LogP contribution in [-0.2, 0) is 6.42 Å². The molecule has 0 radical (unpaired) electrons. The van der Waals surface area contributed by atoms with E-state index >= 15 is 0 Å². The second-order valence-electron chi connectivity index (χ2n) is 5.65. The smallest absolute Gasteiger partial charge is 0.119 e. The van der Waals surface area contributed by atoms with Crippen molar-refractivity contribution in [2.75, 3.05) is 13.2 Å². The van der Waals surface area contributed by atoms with Crippen molar-refractivity contribution >= 4 is 0 Å². The standard InChI is InChI=1S/C16H25NO2/c1-4-16(3,18)11-19-13-7-8-14-12(10-13)6-9-15(14)17-5-2/h7-8,10,15,17-18H,4-6,9,11H2,1-3H3. The van der Waals surface area contributed by atoms with Gasteiger partial charge in [0.25, 0.3) is 0 Å². The van der Waals surface area contributed by atoms with Crippen LogP contribution in [0.25, 0.3) is 0 Å². The Bertz CT molecular complexity index is 429. The molecule has 0 saturated heterocycles. The fraction of sp³-hybridized carbons (Fsp3) is 0.625. The zero-order valence-corrected chi connectivity index (χ0v) is 12.2. The topological polar surface area (TPSA) is 41.5 Å². The Morgan fingerprint density at radius 1 is 1.42 bits per heavy atom. The van der Waals surface area contributed by atoms with Gasteiger partial charge >= 0.3 is 0 Å². The average Bonchev–Trinajstić information content (AvgIpc) is 2.80. The molecule has 0 heterocycles. The highest BCUT2D eigenvalue weighted by Gasteiger charge is 2.23. The maximum atomic E-state index is 9.95. The molecule has 106 valence electrons. The highest BCUT2D eigenvalue weighted by Crippen LogP contribution is 2.33. The van der Waals surface area contributed by atoms with Crippen LogP contribution in [-0.4, -0.2) is 23.9 Å². The zero-order valence-electron chi connectivity index (χ0n) is 12.2. The van der Waals surface area contributed by atoms with Crippen molar-refractivity contribution in [3.63, 3.8) is 0 Å². The number of hydrogen-bond acceptors (Lipinski definition) is 3. The number of benzene rings is 1. The molecule has 1 aromatic carbocycles. The van der Waals surface area contributed by atoms with E-state index in [0.29, 0.717) is 19.1 Å². The van der Waals surface area contributed by atoms with E-state index in [9.17, 15) is 5.11 Å². The highest BCUT2D eigenvalue weighted by atomic mass is 16.5. The van der Waals surface area contributed by atoms with E-state index in [1.54, 1.807) is 0 Å². The van der Waals surface area contributed by atoms with Crippen LogP contribution in [0.5, 0.6) is 5.75 Å². The second kappa shape index (κ2) is 5.93. The predicted molar refractivity (Wildman–Crippen MR) is 77.6 cm³/mol. The van der Waals surface area contributed by atoms with Crippen LogP contribution in [0, 0.1) is 0 Å². The molecule has 0 fully saturated rings. The third kappa shape index (κ3) is 3.48.